The molecule has 3 N–H and O–H groups in total. The molecule has 0 unspecified atom stereocenters. The van der Waals surface area contributed by atoms with Gasteiger partial charge in [0.05, 0.1) is 12.3 Å². The summed E-state index contributed by atoms with van der Waals surface area (Å²) < 4.78 is 23.1. The largest absolute Gasteiger partial charge is 0.409 e. The standard InChI is InChI=1S/C11H23N3O3S/c1-2-18(16,17)8-7-14(9-11(12)13-15)10-5-3-4-6-10/h10,15H,2-9H2,1H3,(H2,12,13). The van der Waals surface area contributed by atoms with Crippen molar-refractivity contribution in [1.82, 2.24) is 4.90 Å². The Hall–Kier alpha value is -0.820. The van der Waals surface area contributed by atoms with Crippen molar-refractivity contribution in [3.05, 3.63) is 0 Å². The predicted octanol–water partition coefficient (Wildman–Crippen LogP) is 0.412. The first-order valence-corrected chi connectivity index (χ1v) is 8.21. The number of oxime groups is 1. The van der Waals surface area contributed by atoms with Crippen LogP contribution in [0, 0.1) is 0 Å². The average Bonchev–Trinajstić information content (AvgIpc) is 2.87. The van der Waals surface area contributed by atoms with Crippen LogP contribution in [0.15, 0.2) is 5.16 Å². The number of hydrogen-bond acceptors (Lipinski definition) is 5. The maximum Gasteiger partial charge on any atom is 0.153 e. The minimum absolute atomic E-state index is 0.135. The average molecular weight is 277 g/mol. The van der Waals surface area contributed by atoms with Gasteiger partial charge in [-0.3, -0.25) is 4.90 Å². The summed E-state index contributed by atoms with van der Waals surface area (Å²) in [5, 5.41) is 11.6. The predicted molar refractivity (Wildman–Crippen MR) is 71.6 cm³/mol. The summed E-state index contributed by atoms with van der Waals surface area (Å²) in [5.74, 6) is 0.434. The molecule has 0 heterocycles. The third-order valence-corrected chi connectivity index (χ3v) is 5.15. The Morgan fingerprint density at radius 2 is 2.06 bits per heavy atom. The lowest BCUT2D eigenvalue weighted by atomic mass is 10.2. The number of sulfone groups is 1. The van der Waals surface area contributed by atoms with E-state index in [9.17, 15) is 8.42 Å². The summed E-state index contributed by atoms with van der Waals surface area (Å²) in [5.41, 5.74) is 5.52. The third kappa shape index (κ3) is 4.81. The maximum absolute atomic E-state index is 11.5. The Morgan fingerprint density at radius 1 is 1.44 bits per heavy atom. The summed E-state index contributed by atoms with van der Waals surface area (Å²) >= 11 is 0. The van der Waals surface area contributed by atoms with Gasteiger partial charge in [-0.2, -0.15) is 0 Å². The van der Waals surface area contributed by atoms with E-state index in [0.29, 0.717) is 19.1 Å². The SMILES string of the molecule is CCS(=O)(=O)CCN(CC(N)=NO)C1CCCC1. The van der Waals surface area contributed by atoms with Gasteiger partial charge < -0.3 is 10.9 Å². The molecule has 1 saturated carbocycles. The fourth-order valence-corrected chi connectivity index (χ4v) is 3.10. The molecular weight excluding hydrogens is 254 g/mol. The van der Waals surface area contributed by atoms with E-state index in [0.717, 1.165) is 25.7 Å². The van der Waals surface area contributed by atoms with E-state index < -0.39 is 9.84 Å². The van der Waals surface area contributed by atoms with E-state index in [-0.39, 0.29) is 17.3 Å². The van der Waals surface area contributed by atoms with Crippen LogP contribution in [-0.2, 0) is 9.84 Å². The molecule has 1 aliphatic carbocycles. The van der Waals surface area contributed by atoms with E-state index in [1.54, 1.807) is 6.92 Å². The first-order valence-electron chi connectivity index (χ1n) is 6.39. The lowest BCUT2D eigenvalue weighted by Gasteiger charge is -2.27. The minimum Gasteiger partial charge on any atom is -0.409 e. The highest BCUT2D eigenvalue weighted by molar-refractivity contribution is 7.91. The molecule has 106 valence electrons. The molecule has 1 aliphatic rings. The van der Waals surface area contributed by atoms with Gasteiger partial charge >= 0.3 is 0 Å². The second-order valence-corrected chi connectivity index (χ2v) is 7.21. The van der Waals surface area contributed by atoms with Crippen molar-refractivity contribution in [2.24, 2.45) is 10.9 Å². The van der Waals surface area contributed by atoms with Crippen LogP contribution in [0.1, 0.15) is 32.6 Å². The molecule has 1 rings (SSSR count). The van der Waals surface area contributed by atoms with E-state index in [1.807, 2.05) is 4.90 Å². The Balaban J connectivity index is 2.59. The number of rotatable bonds is 7. The van der Waals surface area contributed by atoms with Crippen molar-refractivity contribution in [3.8, 4) is 0 Å². The van der Waals surface area contributed by atoms with Crippen molar-refractivity contribution < 1.29 is 13.6 Å². The van der Waals surface area contributed by atoms with Gasteiger partial charge in [-0.25, -0.2) is 8.42 Å². The van der Waals surface area contributed by atoms with Crippen LogP contribution >= 0.6 is 0 Å². The minimum atomic E-state index is -2.97. The van der Waals surface area contributed by atoms with Gasteiger partial charge in [0.2, 0.25) is 0 Å². The molecule has 0 spiro atoms. The van der Waals surface area contributed by atoms with Gasteiger partial charge in [-0.05, 0) is 12.8 Å². The van der Waals surface area contributed by atoms with Gasteiger partial charge in [0.1, 0.15) is 0 Å². The zero-order valence-corrected chi connectivity index (χ0v) is 11.7. The van der Waals surface area contributed by atoms with Crippen molar-refractivity contribution in [1.29, 1.82) is 0 Å². The third-order valence-electron chi connectivity index (χ3n) is 3.46. The van der Waals surface area contributed by atoms with Crippen molar-refractivity contribution in [2.75, 3.05) is 24.6 Å². The summed E-state index contributed by atoms with van der Waals surface area (Å²) in [6.45, 7) is 2.44. The molecule has 0 bridgehead atoms. The fourth-order valence-electron chi connectivity index (χ4n) is 2.30. The summed E-state index contributed by atoms with van der Waals surface area (Å²) in [6.07, 6.45) is 4.45. The lowest BCUT2D eigenvalue weighted by molar-refractivity contribution is 0.234. The monoisotopic (exact) mass is 277 g/mol. The molecule has 0 atom stereocenters. The second-order valence-electron chi connectivity index (χ2n) is 4.74. The molecule has 0 amide bonds. The van der Waals surface area contributed by atoms with E-state index in [1.165, 1.54) is 0 Å². The van der Waals surface area contributed by atoms with Gasteiger partial charge in [-0.1, -0.05) is 24.9 Å². The first kappa shape index (κ1) is 15.2. The highest BCUT2D eigenvalue weighted by Crippen LogP contribution is 2.23. The first-order chi connectivity index (χ1) is 8.48. The molecule has 6 nitrogen and oxygen atoms in total. The van der Waals surface area contributed by atoms with Crippen LogP contribution in [0.3, 0.4) is 0 Å². The number of hydrogen-bond donors (Lipinski definition) is 2. The van der Waals surface area contributed by atoms with Crippen LogP contribution in [-0.4, -0.2) is 55.0 Å². The molecule has 1 fully saturated rings. The van der Waals surface area contributed by atoms with Crippen LogP contribution in [0.5, 0.6) is 0 Å². The van der Waals surface area contributed by atoms with Crippen molar-refractivity contribution in [2.45, 2.75) is 38.6 Å². The Bertz CT molecular complexity index is 375. The van der Waals surface area contributed by atoms with E-state index >= 15 is 0 Å². The summed E-state index contributed by atoms with van der Waals surface area (Å²) in [7, 11) is -2.97. The van der Waals surface area contributed by atoms with Gasteiger partial charge in [0.25, 0.3) is 0 Å². The Morgan fingerprint density at radius 3 is 2.56 bits per heavy atom. The van der Waals surface area contributed by atoms with Crippen molar-refractivity contribution >= 4 is 15.7 Å². The van der Waals surface area contributed by atoms with Gasteiger partial charge in [-0.15, -0.1) is 0 Å². The van der Waals surface area contributed by atoms with Crippen LogP contribution in [0.2, 0.25) is 0 Å². The van der Waals surface area contributed by atoms with E-state index in [2.05, 4.69) is 5.16 Å². The lowest BCUT2D eigenvalue weighted by Crippen LogP contribution is -2.42. The van der Waals surface area contributed by atoms with Gasteiger partial charge in [0, 0.05) is 18.3 Å². The maximum atomic E-state index is 11.5. The smallest absolute Gasteiger partial charge is 0.153 e. The molecular formula is C11H23N3O3S. The topological polar surface area (TPSA) is 96.0 Å². The zero-order chi connectivity index (χ0) is 13.6. The summed E-state index contributed by atoms with van der Waals surface area (Å²) in [6, 6.07) is 0.359. The molecule has 0 aromatic rings. The number of nitrogens with zero attached hydrogens (tertiary/aromatic N) is 2. The zero-order valence-electron chi connectivity index (χ0n) is 10.9. The van der Waals surface area contributed by atoms with Crippen LogP contribution < -0.4 is 5.73 Å². The molecule has 0 aromatic carbocycles. The second kappa shape index (κ2) is 6.94. The van der Waals surface area contributed by atoms with Crippen LogP contribution in [0.25, 0.3) is 0 Å². The highest BCUT2D eigenvalue weighted by Gasteiger charge is 2.24. The fraction of sp³-hybridized carbons (Fsp3) is 0.909. The number of amidine groups is 1. The Labute approximate surface area is 109 Å². The normalized spacial score (nSPS) is 18.7. The Kier molecular flexibility index (Phi) is 5.87. The molecule has 0 aromatic heterocycles. The number of nitrogens with two attached hydrogens (primary N) is 1. The van der Waals surface area contributed by atoms with E-state index in [4.69, 9.17) is 10.9 Å². The van der Waals surface area contributed by atoms with Crippen LogP contribution in [0.4, 0.5) is 0 Å². The molecule has 0 saturated heterocycles. The highest BCUT2D eigenvalue weighted by atomic mass is 32.2. The molecule has 7 heteroatoms. The quantitative estimate of drug-likeness (QED) is 0.304. The summed E-state index contributed by atoms with van der Waals surface area (Å²) in [4.78, 5) is 2.02. The molecule has 0 radical (unpaired) electrons. The molecule has 18 heavy (non-hydrogen) atoms. The van der Waals surface area contributed by atoms with Gasteiger partial charge in [0.15, 0.2) is 15.7 Å². The molecule has 0 aliphatic heterocycles. The van der Waals surface area contributed by atoms with Crippen molar-refractivity contribution in [3.63, 3.8) is 0 Å².